The smallest absolute Gasteiger partial charge is 0.236 e. The minimum absolute atomic E-state index is 0.329. The standard InChI is InChI=1S/C15H29N3O/c1-12-7-13(2)9-18(8-12)15(19)11-17-6-4-5-14(10-17)16-3/h12-14,16H,4-11H2,1-3H3. The van der Waals surface area contributed by atoms with Crippen LogP contribution in [0.4, 0.5) is 0 Å². The van der Waals surface area contributed by atoms with E-state index in [2.05, 4.69) is 29.0 Å². The molecule has 0 spiro atoms. The van der Waals surface area contributed by atoms with Crippen LogP contribution in [0.15, 0.2) is 0 Å². The van der Waals surface area contributed by atoms with Crippen molar-refractivity contribution in [2.75, 3.05) is 39.8 Å². The first-order valence-corrected chi connectivity index (χ1v) is 7.76. The van der Waals surface area contributed by atoms with E-state index in [1.165, 1.54) is 19.3 Å². The van der Waals surface area contributed by atoms with Crippen molar-refractivity contribution in [1.82, 2.24) is 15.1 Å². The molecule has 0 aromatic heterocycles. The van der Waals surface area contributed by atoms with Gasteiger partial charge in [0.25, 0.3) is 0 Å². The van der Waals surface area contributed by atoms with Crippen molar-refractivity contribution in [3.63, 3.8) is 0 Å². The molecule has 2 fully saturated rings. The van der Waals surface area contributed by atoms with Crippen LogP contribution in [0, 0.1) is 11.8 Å². The van der Waals surface area contributed by atoms with Crippen LogP contribution < -0.4 is 5.32 Å². The number of likely N-dealkylation sites (N-methyl/N-ethyl adjacent to an activating group) is 1. The van der Waals surface area contributed by atoms with Crippen LogP contribution in [0.1, 0.15) is 33.1 Å². The first-order valence-electron chi connectivity index (χ1n) is 7.76. The quantitative estimate of drug-likeness (QED) is 0.834. The van der Waals surface area contributed by atoms with E-state index in [1.807, 2.05) is 7.05 Å². The van der Waals surface area contributed by atoms with Crippen LogP contribution in [0.3, 0.4) is 0 Å². The molecule has 0 aliphatic carbocycles. The average Bonchev–Trinajstić information content (AvgIpc) is 2.37. The molecule has 2 aliphatic heterocycles. The summed E-state index contributed by atoms with van der Waals surface area (Å²) in [5, 5.41) is 3.33. The van der Waals surface area contributed by atoms with E-state index in [1.54, 1.807) is 0 Å². The summed E-state index contributed by atoms with van der Waals surface area (Å²) in [6.07, 6.45) is 3.69. The van der Waals surface area contributed by atoms with Crippen LogP contribution in [-0.2, 0) is 4.79 Å². The number of rotatable bonds is 3. The normalized spacial score (nSPS) is 33.4. The molecule has 1 amide bonds. The second-order valence-corrected chi connectivity index (χ2v) is 6.61. The Morgan fingerprint density at radius 1 is 1.21 bits per heavy atom. The van der Waals surface area contributed by atoms with Crippen molar-refractivity contribution in [2.45, 2.75) is 39.2 Å². The van der Waals surface area contributed by atoms with E-state index in [-0.39, 0.29) is 0 Å². The lowest BCUT2D eigenvalue weighted by Crippen LogP contribution is -2.51. The van der Waals surface area contributed by atoms with Crippen LogP contribution in [0.5, 0.6) is 0 Å². The topological polar surface area (TPSA) is 35.6 Å². The largest absolute Gasteiger partial charge is 0.341 e. The molecule has 0 aromatic carbocycles. The molecule has 1 N–H and O–H groups in total. The van der Waals surface area contributed by atoms with E-state index < -0.39 is 0 Å². The Balaban J connectivity index is 1.83. The van der Waals surface area contributed by atoms with Gasteiger partial charge in [0.1, 0.15) is 0 Å². The second kappa shape index (κ2) is 6.71. The van der Waals surface area contributed by atoms with Gasteiger partial charge in [0.2, 0.25) is 5.91 Å². The van der Waals surface area contributed by atoms with Crippen LogP contribution in [0.2, 0.25) is 0 Å². The van der Waals surface area contributed by atoms with E-state index in [0.29, 0.717) is 30.3 Å². The fourth-order valence-corrected chi connectivity index (χ4v) is 3.59. The molecule has 2 heterocycles. The van der Waals surface area contributed by atoms with Gasteiger partial charge in [-0.05, 0) is 44.7 Å². The van der Waals surface area contributed by atoms with Gasteiger partial charge >= 0.3 is 0 Å². The van der Waals surface area contributed by atoms with E-state index >= 15 is 0 Å². The highest BCUT2D eigenvalue weighted by Gasteiger charge is 2.27. The third-order valence-corrected chi connectivity index (χ3v) is 4.49. The number of piperidine rings is 2. The van der Waals surface area contributed by atoms with Crippen LogP contribution >= 0.6 is 0 Å². The van der Waals surface area contributed by atoms with Crippen molar-refractivity contribution in [3.8, 4) is 0 Å². The molecule has 3 unspecified atom stereocenters. The highest BCUT2D eigenvalue weighted by Crippen LogP contribution is 2.21. The number of likely N-dealkylation sites (tertiary alicyclic amines) is 2. The van der Waals surface area contributed by atoms with Crippen molar-refractivity contribution < 1.29 is 4.79 Å². The van der Waals surface area contributed by atoms with E-state index in [0.717, 1.165) is 26.2 Å². The minimum Gasteiger partial charge on any atom is -0.341 e. The SMILES string of the molecule is CNC1CCCN(CC(=O)N2CC(C)CC(C)C2)C1. The Labute approximate surface area is 117 Å². The monoisotopic (exact) mass is 267 g/mol. The molecule has 0 bridgehead atoms. The summed E-state index contributed by atoms with van der Waals surface area (Å²) in [5.74, 6) is 1.63. The maximum atomic E-state index is 12.4. The summed E-state index contributed by atoms with van der Waals surface area (Å²) in [6.45, 7) is 9.11. The van der Waals surface area contributed by atoms with Gasteiger partial charge in [-0.15, -0.1) is 0 Å². The van der Waals surface area contributed by atoms with Crippen molar-refractivity contribution >= 4 is 5.91 Å². The second-order valence-electron chi connectivity index (χ2n) is 6.61. The van der Waals surface area contributed by atoms with Gasteiger partial charge in [-0.1, -0.05) is 13.8 Å². The van der Waals surface area contributed by atoms with Crippen LogP contribution in [-0.4, -0.2) is 61.5 Å². The first kappa shape index (κ1) is 14.8. The maximum absolute atomic E-state index is 12.4. The van der Waals surface area contributed by atoms with E-state index in [9.17, 15) is 4.79 Å². The van der Waals surface area contributed by atoms with Crippen LogP contribution in [0.25, 0.3) is 0 Å². The lowest BCUT2D eigenvalue weighted by molar-refractivity contribution is -0.135. The number of hydrogen-bond donors (Lipinski definition) is 1. The van der Waals surface area contributed by atoms with Crippen molar-refractivity contribution in [3.05, 3.63) is 0 Å². The Hall–Kier alpha value is -0.610. The predicted molar refractivity (Wildman–Crippen MR) is 78.0 cm³/mol. The molecule has 4 heteroatoms. The minimum atomic E-state index is 0.329. The Morgan fingerprint density at radius 3 is 2.53 bits per heavy atom. The lowest BCUT2D eigenvalue weighted by atomic mass is 9.92. The predicted octanol–water partition coefficient (Wildman–Crippen LogP) is 1.17. The molecule has 110 valence electrons. The van der Waals surface area contributed by atoms with Gasteiger partial charge in [0.05, 0.1) is 6.54 Å². The number of carbonyl (C=O) groups excluding carboxylic acids is 1. The van der Waals surface area contributed by atoms with Gasteiger partial charge in [-0.2, -0.15) is 0 Å². The third kappa shape index (κ3) is 4.18. The van der Waals surface area contributed by atoms with E-state index in [4.69, 9.17) is 0 Å². The molecular weight excluding hydrogens is 238 g/mol. The van der Waals surface area contributed by atoms with Gasteiger partial charge in [0, 0.05) is 25.7 Å². The zero-order valence-electron chi connectivity index (χ0n) is 12.7. The highest BCUT2D eigenvalue weighted by molar-refractivity contribution is 5.78. The lowest BCUT2D eigenvalue weighted by Gasteiger charge is -2.38. The molecule has 19 heavy (non-hydrogen) atoms. The molecule has 3 atom stereocenters. The van der Waals surface area contributed by atoms with Crippen molar-refractivity contribution in [2.24, 2.45) is 11.8 Å². The summed E-state index contributed by atoms with van der Waals surface area (Å²) in [6, 6.07) is 0.556. The average molecular weight is 267 g/mol. The summed E-state index contributed by atoms with van der Waals surface area (Å²) in [5.41, 5.74) is 0. The molecule has 0 aromatic rings. The Kier molecular flexibility index (Phi) is 5.22. The molecule has 2 rings (SSSR count). The molecule has 2 aliphatic rings. The summed E-state index contributed by atoms with van der Waals surface area (Å²) in [7, 11) is 2.02. The molecule has 2 saturated heterocycles. The maximum Gasteiger partial charge on any atom is 0.236 e. The fraction of sp³-hybridized carbons (Fsp3) is 0.933. The third-order valence-electron chi connectivity index (χ3n) is 4.49. The van der Waals surface area contributed by atoms with Gasteiger partial charge in [-0.25, -0.2) is 0 Å². The number of hydrogen-bond acceptors (Lipinski definition) is 3. The Bertz CT molecular complexity index is 298. The molecule has 4 nitrogen and oxygen atoms in total. The zero-order valence-corrected chi connectivity index (χ0v) is 12.7. The number of nitrogens with zero attached hydrogens (tertiary/aromatic N) is 2. The van der Waals surface area contributed by atoms with Gasteiger partial charge < -0.3 is 10.2 Å². The summed E-state index contributed by atoms with van der Waals surface area (Å²) >= 11 is 0. The van der Waals surface area contributed by atoms with Gasteiger partial charge in [-0.3, -0.25) is 9.69 Å². The Morgan fingerprint density at radius 2 is 1.89 bits per heavy atom. The zero-order chi connectivity index (χ0) is 13.8. The number of nitrogens with one attached hydrogen (secondary N) is 1. The highest BCUT2D eigenvalue weighted by atomic mass is 16.2. The van der Waals surface area contributed by atoms with Gasteiger partial charge in [0.15, 0.2) is 0 Å². The summed E-state index contributed by atoms with van der Waals surface area (Å²) < 4.78 is 0. The summed E-state index contributed by atoms with van der Waals surface area (Å²) in [4.78, 5) is 16.8. The molecule has 0 saturated carbocycles. The molecular formula is C15H29N3O. The van der Waals surface area contributed by atoms with Crippen molar-refractivity contribution in [1.29, 1.82) is 0 Å². The number of carbonyl (C=O) groups is 1. The fourth-order valence-electron chi connectivity index (χ4n) is 3.59. The number of amides is 1. The molecule has 0 radical (unpaired) electrons. The first-order chi connectivity index (χ1) is 9.08.